The van der Waals surface area contributed by atoms with Crippen molar-refractivity contribution >= 4 is 23.4 Å². The van der Waals surface area contributed by atoms with Crippen molar-refractivity contribution in [1.82, 2.24) is 10.6 Å². The van der Waals surface area contributed by atoms with Gasteiger partial charge in [-0.2, -0.15) is 0 Å². The Morgan fingerprint density at radius 2 is 1.91 bits per heavy atom. The molecule has 1 aromatic heterocycles. The number of amides is 3. The average molecular weight is 462 g/mol. The van der Waals surface area contributed by atoms with E-state index in [9.17, 15) is 14.4 Å². The number of benzene rings is 2. The third kappa shape index (κ3) is 5.46. The Labute approximate surface area is 197 Å². The Morgan fingerprint density at radius 3 is 2.71 bits per heavy atom. The summed E-state index contributed by atoms with van der Waals surface area (Å²) < 4.78 is 10.9. The Balaban J connectivity index is 1.33. The van der Waals surface area contributed by atoms with E-state index in [1.165, 1.54) is 0 Å². The van der Waals surface area contributed by atoms with E-state index >= 15 is 0 Å². The van der Waals surface area contributed by atoms with E-state index in [0.29, 0.717) is 42.5 Å². The first-order valence-electron chi connectivity index (χ1n) is 11.2. The van der Waals surface area contributed by atoms with Crippen LogP contribution in [0.25, 0.3) is 0 Å². The van der Waals surface area contributed by atoms with Crippen molar-refractivity contribution in [1.29, 1.82) is 0 Å². The zero-order chi connectivity index (χ0) is 23.9. The summed E-state index contributed by atoms with van der Waals surface area (Å²) in [6.45, 7) is 3.23. The second-order valence-corrected chi connectivity index (χ2v) is 7.99. The lowest BCUT2D eigenvalue weighted by atomic mass is 10.1. The maximum absolute atomic E-state index is 12.8. The van der Waals surface area contributed by atoms with E-state index in [1.54, 1.807) is 41.5 Å². The second kappa shape index (κ2) is 10.7. The van der Waals surface area contributed by atoms with Crippen LogP contribution in [-0.4, -0.2) is 30.9 Å². The quantitative estimate of drug-likeness (QED) is 0.509. The molecule has 0 saturated carbocycles. The summed E-state index contributed by atoms with van der Waals surface area (Å²) in [7, 11) is 0. The zero-order valence-corrected chi connectivity index (χ0v) is 19.0. The van der Waals surface area contributed by atoms with E-state index in [0.717, 1.165) is 5.56 Å². The van der Waals surface area contributed by atoms with E-state index in [1.807, 2.05) is 37.3 Å². The number of furan rings is 1. The van der Waals surface area contributed by atoms with E-state index in [2.05, 4.69) is 10.6 Å². The van der Waals surface area contributed by atoms with Crippen molar-refractivity contribution in [3.8, 4) is 5.75 Å². The minimum Gasteiger partial charge on any atom is -0.492 e. The highest BCUT2D eigenvalue weighted by Crippen LogP contribution is 2.33. The van der Waals surface area contributed by atoms with Gasteiger partial charge in [0.2, 0.25) is 11.8 Å². The Kier molecular flexibility index (Phi) is 7.27. The average Bonchev–Trinajstić information content (AvgIpc) is 3.51. The normalized spacial score (nSPS) is 15.3. The smallest absolute Gasteiger partial charge is 0.251 e. The number of anilines is 1. The molecule has 0 aliphatic carbocycles. The minimum absolute atomic E-state index is 0.109. The molecule has 34 heavy (non-hydrogen) atoms. The highest BCUT2D eigenvalue weighted by atomic mass is 16.5. The van der Waals surface area contributed by atoms with E-state index < -0.39 is 5.92 Å². The standard InChI is InChI=1S/C26H27N3O5/c1-2-33-23-11-4-3-10-22(23)29-17-20(14-24(29)30)26(32)27-15-18-7-5-8-19(13-18)25(31)28-16-21-9-6-12-34-21/h3-13,20H,2,14-17H2,1H3,(H,27,32)(H,28,31). The van der Waals surface area contributed by atoms with Gasteiger partial charge in [-0.25, -0.2) is 0 Å². The third-order valence-electron chi connectivity index (χ3n) is 5.61. The number of carbonyl (C=O) groups is 3. The van der Waals surface area contributed by atoms with E-state index in [4.69, 9.17) is 9.15 Å². The Hall–Kier alpha value is -4.07. The molecule has 1 aliphatic heterocycles. The second-order valence-electron chi connectivity index (χ2n) is 7.99. The maximum Gasteiger partial charge on any atom is 0.251 e. The molecule has 1 saturated heterocycles. The van der Waals surface area contributed by atoms with Crippen LogP contribution >= 0.6 is 0 Å². The summed E-state index contributed by atoms with van der Waals surface area (Å²) in [5, 5.41) is 5.70. The summed E-state index contributed by atoms with van der Waals surface area (Å²) >= 11 is 0. The SMILES string of the molecule is CCOc1ccccc1N1CC(C(=O)NCc2cccc(C(=O)NCc3ccco3)c2)CC1=O. The van der Waals surface area contributed by atoms with Crippen LogP contribution in [-0.2, 0) is 22.7 Å². The molecule has 2 N–H and O–H groups in total. The number of hydrogen-bond acceptors (Lipinski definition) is 5. The lowest BCUT2D eigenvalue weighted by Crippen LogP contribution is -2.32. The van der Waals surface area contributed by atoms with Crippen molar-refractivity contribution in [3.05, 3.63) is 83.8 Å². The fraction of sp³-hybridized carbons (Fsp3) is 0.269. The number of rotatable bonds is 9. The van der Waals surface area contributed by atoms with Gasteiger partial charge in [0, 0.05) is 25.1 Å². The number of carbonyl (C=O) groups excluding carboxylic acids is 3. The monoisotopic (exact) mass is 461 g/mol. The van der Waals surface area contributed by atoms with Gasteiger partial charge in [0.25, 0.3) is 5.91 Å². The van der Waals surface area contributed by atoms with Crippen LogP contribution in [0.5, 0.6) is 5.75 Å². The zero-order valence-electron chi connectivity index (χ0n) is 19.0. The molecular formula is C26H27N3O5. The summed E-state index contributed by atoms with van der Waals surface area (Å²) in [5.74, 6) is 0.304. The van der Waals surface area contributed by atoms with Gasteiger partial charge in [0.15, 0.2) is 0 Å². The van der Waals surface area contributed by atoms with Crippen molar-refractivity contribution in [2.75, 3.05) is 18.1 Å². The van der Waals surface area contributed by atoms with Crippen LogP contribution in [0.4, 0.5) is 5.69 Å². The van der Waals surface area contributed by atoms with Crippen molar-refractivity contribution < 1.29 is 23.5 Å². The molecule has 176 valence electrons. The fourth-order valence-corrected chi connectivity index (χ4v) is 3.91. The topological polar surface area (TPSA) is 101 Å². The molecule has 4 rings (SSSR count). The molecule has 0 radical (unpaired) electrons. The molecule has 1 fully saturated rings. The Bertz CT molecular complexity index is 1160. The van der Waals surface area contributed by atoms with Gasteiger partial charge in [0.05, 0.1) is 31.0 Å². The Morgan fingerprint density at radius 1 is 1.06 bits per heavy atom. The number of nitrogens with zero attached hydrogens (tertiary/aromatic N) is 1. The first-order chi connectivity index (χ1) is 16.5. The summed E-state index contributed by atoms with van der Waals surface area (Å²) in [5.41, 5.74) is 1.97. The molecule has 1 unspecified atom stereocenters. The predicted molar refractivity (Wildman–Crippen MR) is 126 cm³/mol. The van der Waals surface area contributed by atoms with Gasteiger partial charge >= 0.3 is 0 Å². The van der Waals surface area contributed by atoms with Crippen molar-refractivity contribution in [3.63, 3.8) is 0 Å². The van der Waals surface area contributed by atoms with Gasteiger partial charge < -0.3 is 24.7 Å². The fourth-order valence-electron chi connectivity index (χ4n) is 3.91. The molecule has 8 heteroatoms. The van der Waals surface area contributed by atoms with Gasteiger partial charge in [-0.1, -0.05) is 24.3 Å². The van der Waals surface area contributed by atoms with Gasteiger partial charge in [-0.15, -0.1) is 0 Å². The maximum atomic E-state index is 12.8. The number of ether oxygens (including phenoxy) is 1. The molecule has 3 amide bonds. The predicted octanol–water partition coefficient (Wildman–Crippen LogP) is 3.28. The van der Waals surface area contributed by atoms with Gasteiger partial charge in [0.1, 0.15) is 11.5 Å². The minimum atomic E-state index is -0.457. The van der Waals surface area contributed by atoms with Gasteiger partial charge in [-0.3, -0.25) is 14.4 Å². The first kappa shape index (κ1) is 23.1. The summed E-state index contributed by atoms with van der Waals surface area (Å²) in [4.78, 5) is 39.5. The lowest BCUT2D eigenvalue weighted by molar-refractivity contribution is -0.126. The number of hydrogen-bond donors (Lipinski definition) is 2. The summed E-state index contributed by atoms with van der Waals surface area (Å²) in [6.07, 6.45) is 1.70. The largest absolute Gasteiger partial charge is 0.492 e. The van der Waals surface area contributed by atoms with Crippen LogP contribution in [0, 0.1) is 5.92 Å². The van der Waals surface area contributed by atoms with Crippen molar-refractivity contribution in [2.24, 2.45) is 5.92 Å². The molecule has 8 nitrogen and oxygen atoms in total. The van der Waals surface area contributed by atoms with Crippen LogP contribution in [0.15, 0.2) is 71.3 Å². The van der Waals surface area contributed by atoms with E-state index in [-0.39, 0.29) is 30.7 Å². The molecule has 0 spiro atoms. The lowest BCUT2D eigenvalue weighted by Gasteiger charge is -2.20. The highest BCUT2D eigenvalue weighted by molar-refractivity contribution is 6.01. The third-order valence-corrected chi connectivity index (χ3v) is 5.61. The highest BCUT2D eigenvalue weighted by Gasteiger charge is 2.36. The molecule has 2 heterocycles. The molecule has 3 aromatic rings. The van der Waals surface area contributed by atoms with Gasteiger partial charge in [-0.05, 0) is 48.9 Å². The molecular weight excluding hydrogens is 434 g/mol. The molecule has 1 aliphatic rings. The van der Waals surface area contributed by atoms with Crippen LogP contribution in [0.3, 0.4) is 0 Å². The molecule has 0 bridgehead atoms. The number of para-hydroxylation sites is 2. The molecule has 2 aromatic carbocycles. The van der Waals surface area contributed by atoms with Crippen molar-refractivity contribution in [2.45, 2.75) is 26.4 Å². The molecule has 1 atom stereocenters. The van der Waals surface area contributed by atoms with Crippen LogP contribution < -0.4 is 20.3 Å². The summed E-state index contributed by atoms with van der Waals surface area (Å²) in [6, 6.07) is 18.0. The first-order valence-corrected chi connectivity index (χ1v) is 11.2. The van der Waals surface area contributed by atoms with Crippen LogP contribution in [0.2, 0.25) is 0 Å². The number of nitrogens with one attached hydrogen (secondary N) is 2. The van der Waals surface area contributed by atoms with Crippen LogP contribution in [0.1, 0.15) is 35.0 Å².